The van der Waals surface area contributed by atoms with Gasteiger partial charge in [0.1, 0.15) is 42.0 Å². The van der Waals surface area contributed by atoms with E-state index in [0.29, 0.717) is 43.4 Å². The molecule has 0 aromatic heterocycles. The van der Waals surface area contributed by atoms with Gasteiger partial charge in [-0.2, -0.15) is 0 Å². The van der Waals surface area contributed by atoms with E-state index < -0.39 is 30.5 Å². The molecule has 0 saturated carbocycles. The summed E-state index contributed by atoms with van der Waals surface area (Å²) in [5, 5.41) is 21.4. The van der Waals surface area contributed by atoms with Crippen LogP contribution >= 0.6 is 11.6 Å². The SMILES string of the molecule is CCOc1ccc(Cc2cc([C@@H]3O[C@H](COCCCCCO)[C@@H](OCc4ccccc4)[C@H](OCc4ccccc4)[C@H]3OCc3ccccc3)c(O)cc2Cl)cc1. The van der Waals surface area contributed by atoms with E-state index in [9.17, 15) is 10.2 Å². The smallest absolute Gasteiger partial charge is 0.122 e. The fraction of sp³-hybridized carbons (Fsp3) is 0.362. The highest BCUT2D eigenvalue weighted by Crippen LogP contribution is 2.43. The van der Waals surface area contributed by atoms with Crippen LogP contribution in [0.4, 0.5) is 0 Å². The van der Waals surface area contributed by atoms with Crippen LogP contribution in [0.15, 0.2) is 127 Å². The first kappa shape index (κ1) is 41.4. The van der Waals surface area contributed by atoms with E-state index >= 15 is 0 Å². The Morgan fingerprint density at radius 3 is 1.79 bits per heavy atom. The van der Waals surface area contributed by atoms with Crippen molar-refractivity contribution in [1.29, 1.82) is 0 Å². The minimum absolute atomic E-state index is 0.00195. The second-order valence-electron chi connectivity index (χ2n) is 14.0. The molecule has 0 amide bonds. The molecule has 5 aromatic carbocycles. The van der Waals surface area contributed by atoms with E-state index in [0.717, 1.165) is 52.8 Å². The summed E-state index contributed by atoms with van der Waals surface area (Å²) in [4.78, 5) is 0. The lowest BCUT2D eigenvalue weighted by molar-refractivity contribution is -0.274. The molecular weight excluding hydrogens is 728 g/mol. The van der Waals surface area contributed by atoms with Crippen LogP contribution in [-0.2, 0) is 49.9 Å². The number of phenolic OH excluding ortho intramolecular Hbond substituents is 1. The second kappa shape index (κ2) is 21.9. The summed E-state index contributed by atoms with van der Waals surface area (Å²) >= 11 is 6.83. The van der Waals surface area contributed by atoms with Gasteiger partial charge in [-0.1, -0.05) is 115 Å². The van der Waals surface area contributed by atoms with E-state index in [1.807, 2.05) is 128 Å². The van der Waals surface area contributed by atoms with E-state index in [2.05, 4.69) is 0 Å². The number of unbranched alkanes of at least 4 members (excludes halogenated alkanes) is 2. The minimum Gasteiger partial charge on any atom is -0.508 e. The standard InChI is InChI=1S/C47H53ClO8/c1-2-52-39-23-21-34(22-24-39)27-38-28-40(42(50)29-41(38)48)44-46(54-31-36-17-9-4-10-18-36)47(55-32-37-19-11-5-12-20-37)45(53-30-35-15-7-3-8-16-35)43(56-44)33-51-26-14-6-13-25-49/h3-5,7-12,15-24,28-29,43-47,49-50H,2,6,13-14,25-27,30-33H2,1H3/t43-,44+,45-,46+,47+/m1/s1. The van der Waals surface area contributed by atoms with Crippen LogP contribution in [0.5, 0.6) is 11.5 Å². The molecule has 1 aliphatic rings. The van der Waals surface area contributed by atoms with E-state index in [4.69, 9.17) is 40.0 Å². The molecule has 0 radical (unpaired) electrons. The normalized spacial score (nSPS) is 19.5. The molecular formula is C47H53ClO8. The van der Waals surface area contributed by atoms with Gasteiger partial charge in [0.25, 0.3) is 0 Å². The molecule has 56 heavy (non-hydrogen) atoms. The maximum atomic E-state index is 11.7. The molecule has 9 heteroatoms. The molecule has 0 spiro atoms. The lowest BCUT2D eigenvalue weighted by Crippen LogP contribution is -2.58. The van der Waals surface area contributed by atoms with Gasteiger partial charge in [0.2, 0.25) is 0 Å². The molecule has 0 aliphatic carbocycles. The first-order valence-corrected chi connectivity index (χ1v) is 19.9. The van der Waals surface area contributed by atoms with Gasteiger partial charge in [0.15, 0.2) is 0 Å². The molecule has 6 rings (SSSR count). The summed E-state index contributed by atoms with van der Waals surface area (Å²) in [5.41, 5.74) is 5.41. The Balaban J connectivity index is 1.38. The zero-order valence-electron chi connectivity index (χ0n) is 32.0. The number of hydrogen-bond donors (Lipinski definition) is 2. The lowest BCUT2D eigenvalue weighted by Gasteiger charge is -2.46. The van der Waals surface area contributed by atoms with Crippen molar-refractivity contribution in [3.63, 3.8) is 0 Å². The first-order chi connectivity index (χ1) is 27.5. The van der Waals surface area contributed by atoms with Crippen LogP contribution in [0.25, 0.3) is 0 Å². The Morgan fingerprint density at radius 2 is 1.21 bits per heavy atom. The zero-order chi connectivity index (χ0) is 39.0. The molecule has 0 bridgehead atoms. The van der Waals surface area contributed by atoms with E-state index in [1.165, 1.54) is 0 Å². The zero-order valence-corrected chi connectivity index (χ0v) is 32.8. The Morgan fingerprint density at radius 1 is 0.643 bits per heavy atom. The highest BCUT2D eigenvalue weighted by atomic mass is 35.5. The molecule has 0 unspecified atom stereocenters. The minimum atomic E-state index is -0.782. The molecule has 2 N–H and O–H groups in total. The predicted octanol–water partition coefficient (Wildman–Crippen LogP) is 9.41. The third-order valence-electron chi connectivity index (χ3n) is 9.85. The summed E-state index contributed by atoms with van der Waals surface area (Å²) in [6.07, 6.45) is -0.441. The number of hydrogen-bond acceptors (Lipinski definition) is 8. The molecule has 1 fully saturated rings. The number of phenols is 1. The van der Waals surface area contributed by atoms with E-state index in [1.54, 1.807) is 6.07 Å². The topological polar surface area (TPSA) is 95.8 Å². The van der Waals surface area contributed by atoms with Crippen molar-refractivity contribution < 1.29 is 38.6 Å². The van der Waals surface area contributed by atoms with Crippen LogP contribution in [0.1, 0.15) is 65.7 Å². The summed E-state index contributed by atoms with van der Waals surface area (Å²) in [5.74, 6) is 0.799. The van der Waals surface area contributed by atoms with Crippen molar-refractivity contribution in [1.82, 2.24) is 0 Å². The van der Waals surface area contributed by atoms with Crippen LogP contribution in [0.2, 0.25) is 5.02 Å². The van der Waals surface area contributed by atoms with E-state index in [-0.39, 0.29) is 25.6 Å². The quantitative estimate of drug-likeness (QED) is 0.0712. The van der Waals surface area contributed by atoms with Crippen LogP contribution < -0.4 is 4.74 Å². The van der Waals surface area contributed by atoms with Gasteiger partial charge >= 0.3 is 0 Å². The Hall–Kier alpha value is -4.25. The lowest BCUT2D eigenvalue weighted by atomic mass is 9.88. The summed E-state index contributed by atoms with van der Waals surface area (Å²) in [7, 11) is 0. The predicted molar refractivity (Wildman–Crippen MR) is 218 cm³/mol. The number of rotatable bonds is 21. The van der Waals surface area contributed by atoms with Gasteiger partial charge in [-0.15, -0.1) is 0 Å². The maximum absolute atomic E-state index is 11.7. The van der Waals surface area contributed by atoms with Gasteiger partial charge in [-0.25, -0.2) is 0 Å². The van der Waals surface area contributed by atoms with Crippen molar-refractivity contribution in [2.75, 3.05) is 26.4 Å². The van der Waals surface area contributed by atoms with Gasteiger partial charge in [-0.05, 0) is 84.7 Å². The largest absolute Gasteiger partial charge is 0.508 e. The molecule has 1 heterocycles. The highest BCUT2D eigenvalue weighted by Gasteiger charge is 2.49. The second-order valence-corrected chi connectivity index (χ2v) is 14.4. The van der Waals surface area contributed by atoms with Crippen LogP contribution in [-0.4, -0.2) is 61.1 Å². The summed E-state index contributed by atoms with van der Waals surface area (Å²) < 4.78 is 39.5. The van der Waals surface area contributed by atoms with Crippen LogP contribution in [0.3, 0.4) is 0 Å². The molecule has 1 saturated heterocycles. The first-order valence-electron chi connectivity index (χ1n) is 19.6. The maximum Gasteiger partial charge on any atom is 0.122 e. The molecule has 5 aromatic rings. The Bertz CT molecular complexity index is 1860. The van der Waals surface area contributed by atoms with Crippen LogP contribution in [0, 0.1) is 0 Å². The summed E-state index contributed by atoms with van der Waals surface area (Å²) in [6.45, 7) is 4.32. The van der Waals surface area contributed by atoms with Crippen molar-refractivity contribution in [3.8, 4) is 11.5 Å². The van der Waals surface area contributed by atoms with Crippen molar-refractivity contribution in [3.05, 3.63) is 166 Å². The third-order valence-corrected chi connectivity index (χ3v) is 10.2. The number of halogens is 1. The monoisotopic (exact) mass is 780 g/mol. The highest BCUT2D eigenvalue weighted by molar-refractivity contribution is 6.31. The number of aliphatic hydroxyl groups is 1. The van der Waals surface area contributed by atoms with Crippen molar-refractivity contribution in [2.24, 2.45) is 0 Å². The van der Waals surface area contributed by atoms with Gasteiger partial charge in [-0.3, -0.25) is 0 Å². The third kappa shape index (κ3) is 11.9. The molecule has 296 valence electrons. The van der Waals surface area contributed by atoms with Crippen molar-refractivity contribution >= 4 is 11.6 Å². The number of aliphatic hydroxyl groups excluding tert-OH is 1. The Labute approximate surface area is 335 Å². The van der Waals surface area contributed by atoms with Gasteiger partial charge in [0, 0.05) is 23.8 Å². The van der Waals surface area contributed by atoms with Gasteiger partial charge < -0.3 is 38.6 Å². The Kier molecular flexibility index (Phi) is 16.2. The van der Waals surface area contributed by atoms with Gasteiger partial charge in [0.05, 0.1) is 33.0 Å². The number of benzene rings is 5. The molecule has 8 nitrogen and oxygen atoms in total. The van der Waals surface area contributed by atoms with Crippen molar-refractivity contribution in [2.45, 2.75) is 82.9 Å². The fourth-order valence-corrected chi connectivity index (χ4v) is 7.17. The summed E-state index contributed by atoms with van der Waals surface area (Å²) in [6, 6.07) is 41.4. The average Bonchev–Trinajstić information content (AvgIpc) is 3.23. The fourth-order valence-electron chi connectivity index (χ4n) is 6.94. The average molecular weight is 781 g/mol. The molecule has 5 atom stereocenters. The number of aromatic hydroxyl groups is 1. The number of ether oxygens (including phenoxy) is 6. The molecule has 1 aliphatic heterocycles.